The number of amides is 2. The zero-order valence-electron chi connectivity index (χ0n) is 8.68. The molecule has 1 saturated heterocycles. The average Bonchev–Trinajstić information content (AvgIpc) is 2.81. The lowest BCUT2D eigenvalue weighted by Crippen LogP contribution is -2.57. The van der Waals surface area contributed by atoms with Crippen LogP contribution in [0.1, 0.15) is 9.67 Å². The molecule has 1 aliphatic heterocycles. The lowest BCUT2D eigenvalue weighted by molar-refractivity contribution is -0.120. The molecular weight excluding hydrogens is 226 g/mol. The minimum Gasteiger partial charge on any atom is -0.368 e. The largest absolute Gasteiger partial charge is 0.368 e. The van der Waals surface area contributed by atoms with Gasteiger partial charge in [-0.05, 0) is 11.4 Å². The van der Waals surface area contributed by atoms with Crippen molar-refractivity contribution in [3.63, 3.8) is 0 Å². The molecule has 0 aliphatic carbocycles. The molecule has 2 rings (SSSR count). The van der Waals surface area contributed by atoms with Gasteiger partial charge in [0, 0.05) is 19.6 Å². The van der Waals surface area contributed by atoms with Crippen molar-refractivity contribution in [2.75, 3.05) is 19.6 Å². The third kappa shape index (κ3) is 2.23. The minimum atomic E-state index is -0.433. The maximum absolute atomic E-state index is 12.0. The van der Waals surface area contributed by atoms with E-state index in [0.29, 0.717) is 24.5 Å². The lowest BCUT2D eigenvalue weighted by Gasteiger charge is -2.31. The van der Waals surface area contributed by atoms with Crippen LogP contribution in [0.3, 0.4) is 0 Å². The van der Waals surface area contributed by atoms with Gasteiger partial charge >= 0.3 is 0 Å². The van der Waals surface area contributed by atoms with Crippen molar-refractivity contribution in [1.29, 1.82) is 0 Å². The van der Waals surface area contributed by atoms with E-state index in [1.807, 2.05) is 11.4 Å². The highest BCUT2D eigenvalue weighted by molar-refractivity contribution is 7.12. The van der Waals surface area contributed by atoms with E-state index in [4.69, 9.17) is 5.73 Å². The summed E-state index contributed by atoms with van der Waals surface area (Å²) in [6, 6.07) is 3.19. The minimum absolute atomic E-state index is 0.0252. The van der Waals surface area contributed by atoms with Crippen molar-refractivity contribution in [3.05, 3.63) is 22.4 Å². The Kier molecular flexibility index (Phi) is 3.21. The third-order valence-electron chi connectivity index (χ3n) is 2.54. The molecule has 6 heteroatoms. The van der Waals surface area contributed by atoms with Crippen molar-refractivity contribution in [2.45, 2.75) is 6.04 Å². The molecule has 0 saturated carbocycles. The summed E-state index contributed by atoms with van der Waals surface area (Å²) in [5.41, 5.74) is 5.21. The molecule has 1 aromatic heterocycles. The molecular formula is C10H13N3O2S. The number of nitrogens with zero attached hydrogens (tertiary/aromatic N) is 1. The first-order chi connectivity index (χ1) is 7.68. The normalized spacial score (nSPS) is 20.8. The molecule has 2 heterocycles. The van der Waals surface area contributed by atoms with E-state index in [2.05, 4.69) is 5.32 Å². The van der Waals surface area contributed by atoms with Gasteiger partial charge in [0.15, 0.2) is 0 Å². The number of carbonyl (C=O) groups is 2. The Labute approximate surface area is 97.2 Å². The van der Waals surface area contributed by atoms with Crippen LogP contribution in [0.5, 0.6) is 0 Å². The maximum Gasteiger partial charge on any atom is 0.264 e. The van der Waals surface area contributed by atoms with Crippen LogP contribution in [0.15, 0.2) is 17.5 Å². The summed E-state index contributed by atoms with van der Waals surface area (Å²) in [5.74, 6) is -0.438. The van der Waals surface area contributed by atoms with Gasteiger partial charge < -0.3 is 16.0 Å². The fourth-order valence-electron chi connectivity index (χ4n) is 1.68. The Morgan fingerprint density at radius 3 is 3.00 bits per heavy atom. The van der Waals surface area contributed by atoms with Crippen molar-refractivity contribution < 1.29 is 9.59 Å². The summed E-state index contributed by atoms with van der Waals surface area (Å²) >= 11 is 1.41. The molecule has 1 fully saturated rings. The summed E-state index contributed by atoms with van der Waals surface area (Å²) in [5, 5.41) is 4.85. The molecule has 1 aliphatic rings. The van der Waals surface area contributed by atoms with Crippen LogP contribution >= 0.6 is 11.3 Å². The van der Waals surface area contributed by atoms with Crippen LogP contribution in [-0.4, -0.2) is 42.4 Å². The van der Waals surface area contributed by atoms with Gasteiger partial charge in [-0.3, -0.25) is 9.59 Å². The second kappa shape index (κ2) is 4.63. The number of hydrogen-bond donors (Lipinski definition) is 2. The standard InChI is InChI=1S/C10H13N3O2S/c11-9(14)7-6-13(4-3-12-7)10(15)8-2-1-5-16-8/h1-2,5,7,12H,3-4,6H2,(H2,11,14). The molecule has 1 aromatic rings. The number of piperazine rings is 1. The van der Waals surface area contributed by atoms with Crippen molar-refractivity contribution in [2.24, 2.45) is 5.73 Å². The highest BCUT2D eigenvalue weighted by atomic mass is 32.1. The molecule has 0 radical (unpaired) electrons. The summed E-state index contributed by atoms with van der Waals surface area (Å²) in [6.45, 7) is 1.57. The Morgan fingerprint density at radius 2 is 2.38 bits per heavy atom. The smallest absolute Gasteiger partial charge is 0.264 e. The number of carbonyl (C=O) groups excluding carboxylic acids is 2. The molecule has 3 N–H and O–H groups in total. The SMILES string of the molecule is NC(=O)C1CN(C(=O)c2cccs2)CCN1. The Bertz CT molecular complexity index is 391. The van der Waals surface area contributed by atoms with Gasteiger partial charge in [0.1, 0.15) is 6.04 Å². The van der Waals surface area contributed by atoms with Crippen molar-refractivity contribution in [3.8, 4) is 0 Å². The quantitative estimate of drug-likeness (QED) is 0.740. The molecule has 1 unspecified atom stereocenters. The van der Waals surface area contributed by atoms with E-state index in [9.17, 15) is 9.59 Å². The summed E-state index contributed by atoms with van der Waals surface area (Å²) in [4.78, 5) is 25.4. The van der Waals surface area contributed by atoms with E-state index in [1.54, 1.807) is 11.0 Å². The summed E-state index contributed by atoms with van der Waals surface area (Å²) in [6.07, 6.45) is 0. The molecule has 2 amide bonds. The monoisotopic (exact) mass is 239 g/mol. The van der Waals surface area contributed by atoms with Gasteiger partial charge in [-0.1, -0.05) is 6.07 Å². The second-order valence-corrected chi connectivity index (χ2v) is 4.59. The van der Waals surface area contributed by atoms with Gasteiger partial charge in [-0.15, -0.1) is 11.3 Å². The molecule has 5 nitrogen and oxygen atoms in total. The van der Waals surface area contributed by atoms with Crippen LogP contribution in [0.2, 0.25) is 0 Å². The molecule has 86 valence electrons. The topological polar surface area (TPSA) is 75.4 Å². The molecule has 0 aromatic carbocycles. The van der Waals surface area contributed by atoms with Crippen LogP contribution in [-0.2, 0) is 4.79 Å². The first-order valence-electron chi connectivity index (χ1n) is 5.04. The number of nitrogens with one attached hydrogen (secondary N) is 1. The van der Waals surface area contributed by atoms with Crippen LogP contribution in [0.25, 0.3) is 0 Å². The fraction of sp³-hybridized carbons (Fsp3) is 0.400. The van der Waals surface area contributed by atoms with Gasteiger partial charge in [0.25, 0.3) is 5.91 Å². The molecule has 0 bridgehead atoms. The van der Waals surface area contributed by atoms with E-state index >= 15 is 0 Å². The van der Waals surface area contributed by atoms with Crippen LogP contribution < -0.4 is 11.1 Å². The molecule has 16 heavy (non-hydrogen) atoms. The maximum atomic E-state index is 12.0. The highest BCUT2D eigenvalue weighted by Crippen LogP contribution is 2.13. The van der Waals surface area contributed by atoms with Crippen LogP contribution in [0, 0.1) is 0 Å². The third-order valence-corrected chi connectivity index (χ3v) is 3.40. The van der Waals surface area contributed by atoms with Gasteiger partial charge in [-0.25, -0.2) is 0 Å². The van der Waals surface area contributed by atoms with Crippen LogP contribution in [0.4, 0.5) is 0 Å². The first-order valence-corrected chi connectivity index (χ1v) is 5.92. The average molecular weight is 239 g/mol. The predicted octanol–water partition coefficient (Wildman–Crippen LogP) is -0.353. The van der Waals surface area contributed by atoms with E-state index in [-0.39, 0.29) is 5.91 Å². The van der Waals surface area contributed by atoms with Gasteiger partial charge in [0.05, 0.1) is 4.88 Å². The fourth-order valence-corrected chi connectivity index (χ4v) is 2.37. The van der Waals surface area contributed by atoms with E-state index < -0.39 is 11.9 Å². The summed E-state index contributed by atoms with van der Waals surface area (Å²) in [7, 11) is 0. The summed E-state index contributed by atoms with van der Waals surface area (Å²) < 4.78 is 0. The Balaban J connectivity index is 2.05. The molecule has 0 spiro atoms. The predicted molar refractivity (Wildman–Crippen MR) is 61.2 cm³/mol. The first kappa shape index (κ1) is 11.1. The van der Waals surface area contributed by atoms with E-state index in [1.165, 1.54) is 11.3 Å². The van der Waals surface area contributed by atoms with Crippen molar-refractivity contribution >= 4 is 23.2 Å². The number of rotatable bonds is 2. The number of hydrogen-bond acceptors (Lipinski definition) is 4. The lowest BCUT2D eigenvalue weighted by atomic mass is 10.2. The number of thiophene rings is 1. The van der Waals surface area contributed by atoms with Crippen molar-refractivity contribution in [1.82, 2.24) is 10.2 Å². The zero-order valence-corrected chi connectivity index (χ0v) is 9.50. The number of nitrogens with two attached hydrogens (primary N) is 1. The van der Waals surface area contributed by atoms with E-state index in [0.717, 1.165) is 0 Å². The number of primary amides is 1. The second-order valence-electron chi connectivity index (χ2n) is 3.64. The molecule has 1 atom stereocenters. The zero-order chi connectivity index (χ0) is 11.5. The Hall–Kier alpha value is -1.40. The van der Waals surface area contributed by atoms with Gasteiger partial charge in [-0.2, -0.15) is 0 Å². The van der Waals surface area contributed by atoms with Gasteiger partial charge in [0.2, 0.25) is 5.91 Å². The highest BCUT2D eigenvalue weighted by Gasteiger charge is 2.27. The Morgan fingerprint density at radius 1 is 1.56 bits per heavy atom.